The number of nitrogens with one attached hydrogen (secondary N) is 1. The highest BCUT2D eigenvalue weighted by Crippen LogP contribution is 2.14. The molecule has 0 radical (unpaired) electrons. The second-order valence-electron chi connectivity index (χ2n) is 5.21. The molecule has 0 spiro atoms. The molecule has 1 aromatic carbocycles. The summed E-state index contributed by atoms with van der Waals surface area (Å²) in [5.41, 5.74) is 3.08. The second-order valence-corrected chi connectivity index (χ2v) is 5.21. The average molecular weight is 262 g/mol. The van der Waals surface area contributed by atoms with E-state index in [0.29, 0.717) is 0 Å². The Morgan fingerprint density at radius 3 is 2.42 bits per heavy atom. The van der Waals surface area contributed by atoms with Crippen LogP contribution in [-0.2, 0) is 17.6 Å². The molecule has 0 saturated heterocycles. The van der Waals surface area contributed by atoms with Gasteiger partial charge in [0.2, 0.25) is 0 Å². The normalized spacial score (nSPS) is 16.1. The largest absolute Gasteiger partial charge is 0.385 e. The highest BCUT2D eigenvalue weighted by Gasteiger charge is 2.12. The summed E-state index contributed by atoms with van der Waals surface area (Å²) in [6.45, 7) is 6.53. The maximum Gasteiger partial charge on any atom is 0.0474 e. The van der Waals surface area contributed by atoms with Gasteiger partial charge >= 0.3 is 0 Å². The van der Waals surface area contributed by atoms with Gasteiger partial charge in [0.25, 0.3) is 0 Å². The number of methoxy groups -OCH3 is 1. The van der Waals surface area contributed by atoms with Crippen molar-refractivity contribution in [1.29, 1.82) is 0 Å². The third kappa shape index (κ3) is 4.94. The maximum absolute atomic E-state index is 5.04. The van der Waals surface area contributed by atoms with Crippen molar-refractivity contribution in [2.75, 3.05) is 46.4 Å². The third-order valence-electron chi connectivity index (χ3n) is 3.82. The Labute approximate surface area is 116 Å². The Hall–Kier alpha value is -0.900. The first-order valence-corrected chi connectivity index (χ1v) is 7.39. The molecular weight excluding hydrogens is 236 g/mol. The lowest BCUT2D eigenvalue weighted by Crippen LogP contribution is -2.34. The zero-order valence-corrected chi connectivity index (χ0v) is 12.0. The lowest BCUT2D eigenvalue weighted by molar-refractivity contribution is 0.193. The lowest BCUT2D eigenvalue weighted by Gasteiger charge is -2.19. The summed E-state index contributed by atoms with van der Waals surface area (Å²) in [7, 11) is 1.76. The first kappa shape index (κ1) is 14.5. The molecule has 0 aromatic heterocycles. The monoisotopic (exact) mass is 262 g/mol. The van der Waals surface area contributed by atoms with Crippen molar-refractivity contribution in [2.45, 2.75) is 19.3 Å². The zero-order chi connectivity index (χ0) is 13.3. The Bertz CT molecular complexity index is 341. The zero-order valence-electron chi connectivity index (χ0n) is 12.0. The fraction of sp³-hybridized carbons (Fsp3) is 0.625. The van der Waals surface area contributed by atoms with E-state index in [1.807, 2.05) is 0 Å². The molecular formula is C16H26N2O. The number of fused-ring (bicyclic) bond motifs is 1. The van der Waals surface area contributed by atoms with Gasteiger partial charge < -0.3 is 15.0 Å². The molecule has 0 unspecified atom stereocenters. The minimum atomic E-state index is 0.853. The number of rotatable bonds is 7. The molecule has 2 rings (SSSR count). The van der Waals surface area contributed by atoms with Gasteiger partial charge in [-0.15, -0.1) is 0 Å². The van der Waals surface area contributed by atoms with Gasteiger partial charge in [-0.05, 0) is 36.9 Å². The SMILES string of the molecule is COCCCNCCN1CCc2ccccc2CC1. The molecule has 1 heterocycles. The van der Waals surface area contributed by atoms with Crippen LogP contribution < -0.4 is 5.32 Å². The van der Waals surface area contributed by atoms with Crippen LogP contribution in [0.25, 0.3) is 0 Å². The van der Waals surface area contributed by atoms with E-state index in [4.69, 9.17) is 4.74 Å². The van der Waals surface area contributed by atoms with Gasteiger partial charge in [-0.1, -0.05) is 24.3 Å². The van der Waals surface area contributed by atoms with Gasteiger partial charge in [0.15, 0.2) is 0 Å². The minimum Gasteiger partial charge on any atom is -0.385 e. The molecule has 1 aliphatic rings. The molecule has 19 heavy (non-hydrogen) atoms. The molecule has 3 nitrogen and oxygen atoms in total. The number of nitrogens with zero attached hydrogens (tertiary/aromatic N) is 1. The van der Waals surface area contributed by atoms with Crippen LogP contribution in [0.4, 0.5) is 0 Å². The number of ether oxygens (including phenoxy) is 1. The summed E-state index contributed by atoms with van der Waals surface area (Å²) in [6, 6.07) is 8.88. The molecule has 0 saturated carbocycles. The summed E-state index contributed by atoms with van der Waals surface area (Å²) in [5.74, 6) is 0. The predicted molar refractivity (Wildman–Crippen MR) is 79.7 cm³/mol. The van der Waals surface area contributed by atoms with Crippen LogP contribution >= 0.6 is 0 Å². The number of hydrogen-bond acceptors (Lipinski definition) is 3. The van der Waals surface area contributed by atoms with E-state index in [1.165, 1.54) is 37.1 Å². The molecule has 0 fully saturated rings. The van der Waals surface area contributed by atoms with Crippen LogP contribution in [0.15, 0.2) is 24.3 Å². The standard InChI is InChI=1S/C16H26N2O/c1-19-14-4-9-17-10-13-18-11-7-15-5-2-3-6-16(15)8-12-18/h2-3,5-6,17H,4,7-14H2,1H3. The molecule has 106 valence electrons. The van der Waals surface area contributed by atoms with E-state index in [9.17, 15) is 0 Å². The molecule has 1 aliphatic heterocycles. The topological polar surface area (TPSA) is 24.5 Å². The van der Waals surface area contributed by atoms with E-state index in [0.717, 1.165) is 32.7 Å². The van der Waals surface area contributed by atoms with Crippen molar-refractivity contribution in [3.05, 3.63) is 35.4 Å². The van der Waals surface area contributed by atoms with E-state index in [-0.39, 0.29) is 0 Å². The molecule has 3 heteroatoms. The molecule has 1 aromatic rings. The van der Waals surface area contributed by atoms with E-state index in [2.05, 4.69) is 34.5 Å². The van der Waals surface area contributed by atoms with Gasteiger partial charge in [0.05, 0.1) is 0 Å². The van der Waals surface area contributed by atoms with Crippen molar-refractivity contribution in [3.8, 4) is 0 Å². The smallest absolute Gasteiger partial charge is 0.0474 e. The third-order valence-corrected chi connectivity index (χ3v) is 3.82. The van der Waals surface area contributed by atoms with Crippen LogP contribution in [-0.4, -0.2) is 51.3 Å². The fourth-order valence-electron chi connectivity index (χ4n) is 2.64. The van der Waals surface area contributed by atoms with Crippen LogP contribution in [0.5, 0.6) is 0 Å². The minimum absolute atomic E-state index is 0.853. The van der Waals surface area contributed by atoms with E-state index >= 15 is 0 Å². The number of hydrogen-bond donors (Lipinski definition) is 1. The van der Waals surface area contributed by atoms with Crippen molar-refractivity contribution < 1.29 is 4.74 Å². The van der Waals surface area contributed by atoms with Gasteiger partial charge in [-0.3, -0.25) is 0 Å². The summed E-state index contributed by atoms with van der Waals surface area (Å²) in [4.78, 5) is 2.57. The number of benzene rings is 1. The van der Waals surface area contributed by atoms with Crippen LogP contribution in [0.2, 0.25) is 0 Å². The van der Waals surface area contributed by atoms with Crippen molar-refractivity contribution in [3.63, 3.8) is 0 Å². The average Bonchev–Trinajstić information content (AvgIpc) is 2.65. The Balaban J connectivity index is 1.65. The second kappa shape index (κ2) is 8.31. The first-order valence-electron chi connectivity index (χ1n) is 7.39. The fourth-order valence-corrected chi connectivity index (χ4v) is 2.64. The van der Waals surface area contributed by atoms with E-state index in [1.54, 1.807) is 7.11 Å². The van der Waals surface area contributed by atoms with Crippen LogP contribution in [0.1, 0.15) is 17.5 Å². The molecule has 0 atom stereocenters. The van der Waals surface area contributed by atoms with Gasteiger partial charge in [0.1, 0.15) is 0 Å². The summed E-state index contributed by atoms with van der Waals surface area (Å²) in [6.07, 6.45) is 3.49. The van der Waals surface area contributed by atoms with Gasteiger partial charge in [-0.25, -0.2) is 0 Å². The highest BCUT2D eigenvalue weighted by atomic mass is 16.5. The first-order chi connectivity index (χ1) is 9.40. The van der Waals surface area contributed by atoms with Gasteiger partial charge in [0, 0.05) is 39.9 Å². The molecule has 0 amide bonds. The van der Waals surface area contributed by atoms with Crippen molar-refractivity contribution in [2.24, 2.45) is 0 Å². The van der Waals surface area contributed by atoms with Gasteiger partial charge in [-0.2, -0.15) is 0 Å². The quantitative estimate of drug-likeness (QED) is 0.757. The maximum atomic E-state index is 5.04. The highest BCUT2D eigenvalue weighted by molar-refractivity contribution is 5.28. The van der Waals surface area contributed by atoms with Crippen LogP contribution in [0, 0.1) is 0 Å². The molecule has 0 bridgehead atoms. The Kier molecular flexibility index (Phi) is 6.34. The molecule has 0 aliphatic carbocycles. The summed E-state index contributed by atoms with van der Waals surface area (Å²) in [5, 5.41) is 3.49. The van der Waals surface area contributed by atoms with E-state index < -0.39 is 0 Å². The summed E-state index contributed by atoms with van der Waals surface area (Å²) >= 11 is 0. The predicted octanol–water partition coefficient (Wildman–Crippen LogP) is 1.71. The lowest BCUT2D eigenvalue weighted by atomic mass is 10.0. The summed E-state index contributed by atoms with van der Waals surface area (Å²) < 4.78 is 5.04. The van der Waals surface area contributed by atoms with Crippen molar-refractivity contribution in [1.82, 2.24) is 10.2 Å². The van der Waals surface area contributed by atoms with Crippen LogP contribution in [0.3, 0.4) is 0 Å². The Morgan fingerprint density at radius 1 is 1.11 bits per heavy atom. The van der Waals surface area contributed by atoms with Crippen molar-refractivity contribution >= 4 is 0 Å². The Morgan fingerprint density at radius 2 is 1.79 bits per heavy atom. The molecule has 1 N–H and O–H groups in total.